The minimum absolute atomic E-state index is 0.0796. The van der Waals surface area contributed by atoms with Crippen LogP contribution in [0.4, 0.5) is 0 Å². The molecule has 0 bridgehead atoms. The Balaban J connectivity index is 1.72. The van der Waals surface area contributed by atoms with Crippen LogP contribution in [0.5, 0.6) is 0 Å². The zero-order valence-corrected chi connectivity index (χ0v) is 12.3. The van der Waals surface area contributed by atoms with Crippen LogP contribution in [0, 0.1) is 0 Å². The van der Waals surface area contributed by atoms with Crippen LogP contribution in [0.2, 0.25) is 0 Å². The molecule has 0 radical (unpaired) electrons. The van der Waals surface area contributed by atoms with Gasteiger partial charge in [0.15, 0.2) is 0 Å². The highest BCUT2D eigenvalue weighted by Gasteiger charge is 2.15. The number of aromatic nitrogens is 3. The van der Waals surface area contributed by atoms with E-state index in [9.17, 15) is 4.79 Å². The van der Waals surface area contributed by atoms with Crippen molar-refractivity contribution in [1.29, 1.82) is 0 Å². The number of hydrogen-bond donors (Lipinski definition) is 1. The fourth-order valence-corrected chi connectivity index (χ4v) is 2.86. The van der Waals surface area contributed by atoms with Crippen LogP contribution in [-0.4, -0.2) is 46.1 Å². The maximum Gasteiger partial charge on any atom is 0.278 e. The lowest BCUT2D eigenvalue weighted by atomic mass is 10.1. The van der Waals surface area contributed by atoms with E-state index in [0.29, 0.717) is 23.6 Å². The van der Waals surface area contributed by atoms with Crippen LogP contribution in [0.1, 0.15) is 19.3 Å². The summed E-state index contributed by atoms with van der Waals surface area (Å²) in [5, 5.41) is 12.3. The molecule has 21 heavy (non-hydrogen) atoms. The molecule has 3 rings (SSSR count). The van der Waals surface area contributed by atoms with Gasteiger partial charge >= 0.3 is 0 Å². The van der Waals surface area contributed by atoms with Gasteiger partial charge in [-0.3, -0.25) is 9.69 Å². The van der Waals surface area contributed by atoms with Crippen molar-refractivity contribution in [3.05, 3.63) is 34.6 Å². The third-order valence-electron chi connectivity index (χ3n) is 3.95. The summed E-state index contributed by atoms with van der Waals surface area (Å²) in [6.45, 7) is 2.48. The number of nitrogens with one attached hydrogen (secondary N) is 1. The summed E-state index contributed by atoms with van der Waals surface area (Å²) in [5.41, 5.74) is 0.569. The van der Waals surface area contributed by atoms with Crippen LogP contribution in [0.3, 0.4) is 0 Å². The molecule has 1 aliphatic rings. The fraction of sp³-hybridized carbons (Fsp3) is 0.533. The molecule has 112 valence electrons. The normalized spacial score (nSPS) is 19.2. The van der Waals surface area contributed by atoms with Crippen molar-refractivity contribution in [2.45, 2.75) is 32.0 Å². The van der Waals surface area contributed by atoms with E-state index < -0.39 is 0 Å². The number of benzene rings is 1. The standard InChI is InChI=1S/C15H21N5O/c1-19(10-12-6-4-5-9-16-12)11-20-15(21)13-7-2-3-8-14(13)17-18-20/h2-3,7-8,12,16H,4-6,9-11H2,1H3. The Morgan fingerprint density at radius 2 is 2.24 bits per heavy atom. The van der Waals surface area contributed by atoms with E-state index in [1.165, 1.54) is 23.9 Å². The summed E-state index contributed by atoms with van der Waals surface area (Å²) in [5.74, 6) is 0. The first-order valence-electron chi connectivity index (χ1n) is 7.48. The van der Waals surface area contributed by atoms with Crippen molar-refractivity contribution in [1.82, 2.24) is 25.2 Å². The second kappa shape index (κ2) is 6.32. The van der Waals surface area contributed by atoms with Crippen molar-refractivity contribution in [3.8, 4) is 0 Å². The van der Waals surface area contributed by atoms with Crippen LogP contribution >= 0.6 is 0 Å². The van der Waals surface area contributed by atoms with Gasteiger partial charge in [0.1, 0.15) is 5.52 Å². The van der Waals surface area contributed by atoms with E-state index in [4.69, 9.17) is 0 Å². The second-order valence-corrected chi connectivity index (χ2v) is 5.74. The average molecular weight is 287 g/mol. The van der Waals surface area contributed by atoms with Gasteiger partial charge in [0, 0.05) is 12.6 Å². The number of piperidine rings is 1. The highest BCUT2D eigenvalue weighted by atomic mass is 16.1. The molecular formula is C15H21N5O. The Labute approximate surface area is 123 Å². The summed E-state index contributed by atoms with van der Waals surface area (Å²) in [7, 11) is 2.01. The molecule has 0 aliphatic carbocycles. The second-order valence-electron chi connectivity index (χ2n) is 5.74. The molecule has 1 unspecified atom stereocenters. The van der Waals surface area contributed by atoms with Crippen molar-refractivity contribution in [2.24, 2.45) is 0 Å². The summed E-state index contributed by atoms with van der Waals surface area (Å²) in [6, 6.07) is 7.83. The number of fused-ring (bicyclic) bond motifs is 1. The summed E-state index contributed by atoms with van der Waals surface area (Å²) in [4.78, 5) is 14.5. The van der Waals surface area contributed by atoms with E-state index in [1.54, 1.807) is 6.07 Å². The van der Waals surface area contributed by atoms with Crippen molar-refractivity contribution in [2.75, 3.05) is 20.1 Å². The topological polar surface area (TPSA) is 63.1 Å². The molecular weight excluding hydrogens is 266 g/mol. The minimum Gasteiger partial charge on any atom is -0.313 e. The van der Waals surface area contributed by atoms with Gasteiger partial charge in [-0.1, -0.05) is 23.8 Å². The van der Waals surface area contributed by atoms with E-state index in [0.717, 1.165) is 13.1 Å². The van der Waals surface area contributed by atoms with Gasteiger partial charge in [0.25, 0.3) is 5.56 Å². The maximum absolute atomic E-state index is 12.4. The van der Waals surface area contributed by atoms with E-state index in [1.807, 2.05) is 25.2 Å². The van der Waals surface area contributed by atoms with E-state index in [-0.39, 0.29) is 5.56 Å². The summed E-state index contributed by atoms with van der Waals surface area (Å²) < 4.78 is 1.44. The van der Waals surface area contributed by atoms with E-state index >= 15 is 0 Å². The molecule has 6 nitrogen and oxygen atoms in total. The quantitative estimate of drug-likeness (QED) is 0.902. The largest absolute Gasteiger partial charge is 0.313 e. The number of likely N-dealkylation sites (N-methyl/N-ethyl adjacent to an activating group) is 1. The molecule has 0 spiro atoms. The summed E-state index contributed by atoms with van der Waals surface area (Å²) in [6.07, 6.45) is 3.74. The van der Waals surface area contributed by atoms with Gasteiger partial charge in [-0.25, -0.2) is 0 Å². The Hall–Kier alpha value is -1.79. The van der Waals surface area contributed by atoms with Crippen LogP contribution < -0.4 is 10.9 Å². The zero-order valence-electron chi connectivity index (χ0n) is 12.3. The minimum atomic E-state index is -0.0796. The molecule has 2 heterocycles. The molecule has 1 aliphatic heterocycles. The first-order chi connectivity index (χ1) is 10.2. The first-order valence-corrected chi connectivity index (χ1v) is 7.48. The number of hydrogen-bond acceptors (Lipinski definition) is 5. The SMILES string of the molecule is CN(CC1CCCCN1)Cn1nnc2ccccc2c1=O. The lowest BCUT2D eigenvalue weighted by Crippen LogP contribution is -2.44. The van der Waals surface area contributed by atoms with Crippen molar-refractivity contribution in [3.63, 3.8) is 0 Å². The monoisotopic (exact) mass is 287 g/mol. The van der Waals surface area contributed by atoms with E-state index in [2.05, 4.69) is 20.5 Å². The van der Waals surface area contributed by atoms with Gasteiger partial charge in [-0.2, -0.15) is 4.68 Å². The van der Waals surface area contributed by atoms with Crippen molar-refractivity contribution >= 4 is 10.9 Å². The molecule has 1 aromatic heterocycles. The molecule has 1 N–H and O–H groups in total. The highest BCUT2D eigenvalue weighted by Crippen LogP contribution is 2.08. The number of rotatable bonds is 4. The maximum atomic E-state index is 12.4. The van der Waals surface area contributed by atoms with Crippen LogP contribution in [0.15, 0.2) is 29.1 Å². The number of nitrogens with zero attached hydrogens (tertiary/aromatic N) is 4. The van der Waals surface area contributed by atoms with Gasteiger partial charge in [-0.15, -0.1) is 5.10 Å². The third-order valence-corrected chi connectivity index (χ3v) is 3.95. The van der Waals surface area contributed by atoms with Gasteiger partial charge in [0.2, 0.25) is 0 Å². The van der Waals surface area contributed by atoms with Gasteiger partial charge < -0.3 is 5.32 Å². The van der Waals surface area contributed by atoms with Crippen LogP contribution in [-0.2, 0) is 6.67 Å². The Bertz CT molecular complexity index is 662. The van der Waals surface area contributed by atoms with Gasteiger partial charge in [-0.05, 0) is 38.6 Å². The lowest BCUT2D eigenvalue weighted by Gasteiger charge is -2.28. The average Bonchev–Trinajstić information content (AvgIpc) is 2.51. The molecule has 1 fully saturated rings. The predicted octanol–water partition coefficient (Wildman–Crippen LogP) is 0.823. The molecule has 1 saturated heterocycles. The predicted molar refractivity (Wildman–Crippen MR) is 82.1 cm³/mol. The third kappa shape index (κ3) is 3.28. The molecule has 0 amide bonds. The fourth-order valence-electron chi connectivity index (χ4n) is 2.86. The Kier molecular flexibility index (Phi) is 4.26. The molecule has 6 heteroatoms. The summed E-state index contributed by atoms with van der Waals surface area (Å²) >= 11 is 0. The van der Waals surface area contributed by atoms with Crippen molar-refractivity contribution < 1.29 is 0 Å². The molecule has 0 saturated carbocycles. The first kappa shape index (κ1) is 14.2. The molecule has 1 aromatic carbocycles. The molecule has 1 atom stereocenters. The smallest absolute Gasteiger partial charge is 0.278 e. The van der Waals surface area contributed by atoms with Gasteiger partial charge in [0.05, 0.1) is 12.1 Å². The Morgan fingerprint density at radius 1 is 1.38 bits per heavy atom. The lowest BCUT2D eigenvalue weighted by molar-refractivity contribution is 0.205. The zero-order chi connectivity index (χ0) is 14.7. The highest BCUT2D eigenvalue weighted by molar-refractivity contribution is 5.76. The molecule has 2 aromatic rings. The van der Waals surface area contributed by atoms with Crippen LogP contribution in [0.25, 0.3) is 10.9 Å². The Morgan fingerprint density at radius 3 is 3.05 bits per heavy atom.